The number of carbonyl (C=O) groups excluding carboxylic acids is 1. The van der Waals surface area contributed by atoms with Crippen LogP contribution in [-0.4, -0.2) is 15.9 Å². The van der Waals surface area contributed by atoms with E-state index < -0.39 is 0 Å². The van der Waals surface area contributed by atoms with Gasteiger partial charge in [0.25, 0.3) is 0 Å². The predicted molar refractivity (Wildman–Crippen MR) is 174 cm³/mol. The van der Waals surface area contributed by atoms with E-state index in [4.69, 9.17) is 9.40 Å². The molecule has 0 amide bonds. The zero-order valence-corrected chi connectivity index (χ0v) is 28.7. The van der Waals surface area contributed by atoms with Crippen LogP contribution in [0.5, 0.6) is 0 Å². The number of carbonyl (C=O) groups is 1. The van der Waals surface area contributed by atoms with Crippen molar-refractivity contribution in [2.45, 2.75) is 79.6 Å². The van der Waals surface area contributed by atoms with Crippen molar-refractivity contribution < 1.29 is 34.4 Å². The molecule has 0 unspecified atom stereocenters. The van der Waals surface area contributed by atoms with Crippen LogP contribution in [-0.2, 0) is 30.3 Å². The molecule has 0 spiro atoms. The molecule has 5 aromatic rings. The fraction of sp³-hybridized carbons (Fsp3) is 0.368. The first-order chi connectivity index (χ1) is 20.2. The van der Waals surface area contributed by atoms with Crippen LogP contribution in [0.3, 0.4) is 0 Å². The van der Waals surface area contributed by atoms with Gasteiger partial charge in [-0.2, -0.15) is 0 Å². The van der Waals surface area contributed by atoms with Crippen molar-refractivity contribution in [2.75, 3.05) is 0 Å². The average molecular weight is 753 g/mol. The number of furan rings is 1. The predicted octanol–water partition coefficient (Wildman–Crippen LogP) is 10.4. The number of aliphatic hydroxyl groups excluding tert-OH is 1. The van der Waals surface area contributed by atoms with Crippen molar-refractivity contribution in [1.29, 1.82) is 0 Å². The summed E-state index contributed by atoms with van der Waals surface area (Å²) in [5.41, 5.74) is 7.51. The molecule has 1 N–H and O–H groups in total. The second kappa shape index (κ2) is 13.2. The van der Waals surface area contributed by atoms with Crippen LogP contribution in [0.4, 0.5) is 0 Å². The molecule has 5 heteroatoms. The molecular formula is C38H42IrNO3-. The third-order valence-corrected chi connectivity index (χ3v) is 9.12. The normalized spacial score (nSPS) is 13.7. The number of benzene rings is 3. The molecule has 1 radical (unpaired) electrons. The Morgan fingerprint density at radius 1 is 0.977 bits per heavy atom. The summed E-state index contributed by atoms with van der Waals surface area (Å²) in [5.74, 6) is 0.547. The first-order valence-electron chi connectivity index (χ1n) is 15.4. The summed E-state index contributed by atoms with van der Waals surface area (Å²) in [7, 11) is 0. The van der Waals surface area contributed by atoms with E-state index in [1.54, 1.807) is 0 Å². The molecule has 4 nitrogen and oxygen atoms in total. The van der Waals surface area contributed by atoms with Gasteiger partial charge in [0.2, 0.25) is 0 Å². The Morgan fingerprint density at radius 3 is 2.33 bits per heavy atom. The smallest absolute Gasteiger partial charge is 0.162 e. The van der Waals surface area contributed by atoms with Gasteiger partial charge >= 0.3 is 0 Å². The number of ketones is 1. The van der Waals surface area contributed by atoms with Gasteiger partial charge in [-0.15, -0.1) is 17.7 Å². The number of aryl methyl sites for hydroxylation is 1. The average Bonchev–Trinajstić information content (AvgIpc) is 3.33. The van der Waals surface area contributed by atoms with Crippen LogP contribution in [0, 0.1) is 24.8 Å². The zero-order valence-electron chi connectivity index (χ0n) is 26.3. The van der Waals surface area contributed by atoms with Crippen LogP contribution in [0.25, 0.3) is 44.0 Å². The number of allylic oxidation sites excluding steroid dienone is 2. The van der Waals surface area contributed by atoms with Crippen LogP contribution >= 0.6 is 0 Å². The number of nitrogens with zero attached hydrogens (tertiary/aromatic N) is 1. The minimum atomic E-state index is -0.210. The molecule has 43 heavy (non-hydrogen) atoms. The first-order valence-corrected chi connectivity index (χ1v) is 15.4. The number of aliphatic hydroxyl groups is 1. The van der Waals surface area contributed by atoms with Gasteiger partial charge in [0.1, 0.15) is 5.58 Å². The van der Waals surface area contributed by atoms with E-state index in [0.29, 0.717) is 0 Å². The van der Waals surface area contributed by atoms with Crippen molar-refractivity contribution in [2.24, 2.45) is 11.8 Å². The van der Waals surface area contributed by atoms with Gasteiger partial charge < -0.3 is 14.5 Å². The summed E-state index contributed by atoms with van der Waals surface area (Å²) in [5, 5.41) is 14.5. The molecule has 0 saturated heterocycles. The maximum Gasteiger partial charge on any atom is 0.162 e. The Hall–Kier alpha value is -3.27. The van der Waals surface area contributed by atoms with E-state index >= 15 is 0 Å². The van der Waals surface area contributed by atoms with Crippen molar-refractivity contribution in [3.63, 3.8) is 0 Å². The number of aromatic nitrogens is 1. The fourth-order valence-electron chi connectivity index (χ4n) is 6.57. The number of fused-ring (bicyclic) bond motifs is 4. The van der Waals surface area contributed by atoms with Gasteiger partial charge in [-0.3, -0.25) is 4.79 Å². The van der Waals surface area contributed by atoms with Crippen molar-refractivity contribution in [3.8, 4) is 11.3 Å². The second-order valence-electron chi connectivity index (χ2n) is 12.1. The Balaban J connectivity index is 0.000000230. The van der Waals surface area contributed by atoms with E-state index in [9.17, 15) is 9.90 Å². The third-order valence-electron chi connectivity index (χ3n) is 9.12. The summed E-state index contributed by atoms with van der Waals surface area (Å²) in [6, 6.07) is 20.4. The molecule has 1 aliphatic rings. The minimum Gasteiger partial charge on any atom is -0.512 e. The Morgan fingerprint density at radius 2 is 1.65 bits per heavy atom. The number of pyridine rings is 1. The SMILES string of the molecule is CCC(CC)C(=O)/C=C(\O)C(CC)CC.Cc1ccc2cnc3c(c2c1)C(C)(C)c1cccc2oc4cc[c-]c-3c4c12.[Ir]. The van der Waals surface area contributed by atoms with Gasteiger partial charge in [0.15, 0.2) is 5.78 Å². The van der Waals surface area contributed by atoms with Gasteiger partial charge in [-0.05, 0) is 71.7 Å². The molecular weight excluding hydrogens is 711 g/mol. The van der Waals surface area contributed by atoms with Crippen molar-refractivity contribution in [1.82, 2.24) is 4.98 Å². The molecule has 0 atom stereocenters. The molecule has 0 fully saturated rings. The van der Waals surface area contributed by atoms with E-state index in [2.05, 4.69) is 63.2 Å². The Bertz CT molecular complexity index is 1810. The second-order valence-corrected chi connectivity index (χ2v) is 12.1. The standard InChI is InChI=1S/C25H18NO.C13H24O2.Ir/c1-14-10-11-15-13-26-24-16-6-4-8-19-21(16)22-18(7-5-9-20(22)27-19)25(2,3)23(24)17(15)12-14;1-5-10(6-2)12(14)9-13(15)11(7-3)8-4;/h4-5,7-13H,1-3H3;9-11,14H,5-8H2,1-4H3;/q-1;;/b;12-9-;. The van der Waals surface area contributed by atoms with E-state index in [-0.39, 0.29) is 48.9 Å². The van der Waals surface area contributed by atoms with Gasteiger partial charge in [-0.25, -0.2) is 0 Å². The zero-order chi connectivity index (χ0) is 30.2. The number of hydrogen-bond acceptors (Lipinski definition) is 4. The third kappa shape index (κ3) is 5.82. The number of hydrogen-bond donors (Lipinski definition) is 1. The largest absolute Gasteiger partial charge is 0.512 e. The van der Waals surface area contributed by atoms with Crippen molar-refractivity contribution in [3.05, 3.63) is 89.3 Å². The van der Waals surface area contributed by atoms with Crippen LogP contribution in [0.2, 0.25) is 0 Å². The fourth-order valence-corrected chi connectivity index (χ4v) is 6.57. The molecule has 0 aliphatic heterocycles. The molecule has 227 valence electrons. The minimum absolute atomic E-state index is 0. The molecule has 6 rings (SSSR count). The van der Waals surface area contributed by atoms with E-state index in [1.807, 2.05) is 46.0 Å². The van der Waals surface area contributed by atoms with Gasteiger partial charge in [0.05, 0.1) is 11.3 Å². The van der Waals surface area contributed by atoms with Crippen LogP contribution < -0.4 is 0 Å². The molecule has 1 aliphatic carbocycles. The Labute approximate surface area is 268 Å². The number of rotatable bonds is 7. The maximum absolute atomic E-state index is 11.7. The Kier molecular flexibility index (Phi) is 9.99. The molecule has 3 aromatic carbocycles. The summed E-state index contributed by atoms with van der Waals surface area (Å²) < 4.78 is 6.18. The summed E-state index contributed by atoms with van der Waals surface area (Å²) in [6.45, 7) is 14.8. The monoisotopic (exact) mass is 753 g/mol. The molecule has 0 bridgehead atoms. The summed E-state index contributed by atoms with van der Waals surface area (Å²) in [4.78, 5) is 16.7. The van der Waals surface area contributed by atoms with Gasteiger partial charge in [-0.1, -0.05) is 88.9 Å². The van der Waals surface area contributed by atoms with Gasteiger partial charge in [0, 0.05) is 49.6 Å². The van der Waals surface area contributed by atoms with Crippen LogP contribution in [0.15, 0.2) is 71.0 Å². The maximum atomic E-state index is 11.7. The van der Waals surface area contributed by atoms with Crippen LogP contribution in [0.1, 0.15) is 83.9 Å². The first kappa shape index (κ1) is 32.6. The van der Waals surface area contributed by atoms with E-state index in [1.165, 1.54) is 38.9 Å². The summed E-state index contributed by atoms with van der Waals surface area (Å²) in [6.07, 6.45) is 6.90. The summed E-state index contributed by atoms with van der Waals surface area (Å²) >= 11 is 0. The topological polar surface area (TPSA) is 63.3 Å². The quantitative estimate of drug-likeness (QED) is 0.102. The molecule has 2 heterocycles. The molecule has 0 saturated carbocycles. The van der Waals surface area contributed by atoms with E-state index in [0.717, 1.165) is 53.5 Å². The van der Waals surface area contributed by atoms with Crippen molar-refractivity contribution >= 4 is 38.5 Å². The molecule has 2 aromatic heterocycles.